The zero-order chi connectivity index (χ0) is 11.5. The number of benzene rings is 1. The maximum absolute atomic E-state index is 4.40. The minimum atomic E-state index is 0.848. The highest BCUT2D eigenvalue weighted by atomic mass is 79.9. The Morgan fingerprint density at radius 1 is 1.31 bits per heavy atom. The average Bonchev–Trinajstić information content (AvgIpc) is 2.60. The maximum Gasteiger partial charge on any atom is 0.0662 e. The molecule has 2 aromatic rings. The van der Waals surface area contributed by atoms with E-state index in [1.807, 2.05) is 10.9 Å². The molecule has 84 valence electrons. The van der Waals surface area contributed by atoms with Crippen molar-refractivity contribution in [2.75, 3.05) is 0 Å². The van der Waals surface area contributed by atoms with Crippen LogP contribution in [0.5, 0.6) is 0 Å². The van der Waals surface area contributed by atoms with Crippen LogP contribution in [0.4, 0.5) is 0 Å². The normalized spacial score (nSPS) is 10.7. The smallest absolute Gasteiger partial charge is 0.0662 e. The summed E-state index contributed by atoms with van der Waals surface area (Å²) < 4.78 is 2.05. The molecular formula is C13H15BrN2. The van der Waals surface area contributed by atoms with Gasteiger partial charge in [-0.1, -0.05) is 45.8 Å². The highest BCUT2D eigenvalue weighted by Gasteiger charge is 2.05. The summed E-state index contributed by atoms with van der Waals surface area (Å²) in [6.45, 7) is 5.07. The molecule has 0 spiro atoms. The number of hydrogen-bond acceptors (Lipinski definition) is 1. The van der Waals surface area contributed by atoms with Gasteiger partial charge < -0.3 is 0 Å². The first kappa shape index (κ1) is 11.4. The lowest BCUT2D eigenvalue weighted by atomic mass is 10.1. The van der Waals surface area contributed by atoms with Gasteiger partial charge in [0.25, 0.3) is 0 Å². The van der Waals surface area contributed by atoms with Gasteiger partial charge in [-0.2, -0.15) is 5.10 Å². The Morgan fingerprint density at radius 2 is 2.12 bits per heavy atom. The molecule has 0 fully saturated rings. The third-order valence-corrected chi connectivity index (χ3v) is 3.37. The van der Waals surface area contributed by atoms with E-state index in [9.17, 15) is 0 Å². The predicted octanol–water partition coefficient (Wildman–Crippen LogP) is 3.44. The first-order chi connectivity index (χ1) is 7.70. The van der Waals surface area contributed by atoms with Crippen LogP contribution in [-0.2, 0) is 11.9 Å². The maximum atomic E-state index is 4.40. The molecule has 0 aliphatic heterocycles. The fraction of sp³-hybridized carbons (Fsp3) is 0.308. The highest BCUT2D eigenvalue weighted by molar-refractivity contribution is 9.08. The van der Waals surface area contributed by atoms with E-state index in [0.717, 1.165) is 11.9 Å². The second kappa shape index (κ2) is 4.83. The Labute approximate surface area is 104 Å². The molecule has 0 N–H and O–H groups in total. The predicted molar refractivity (Wildman–Crippen MR) is 69.9 cm³/mol. The fourth-order valence-electron chi connectivity index (χ4n) is 1.76. The number of alkyl halides is 1. The molecule has 0 saturated carbocycles. The molecule has 0 aliphatic rings. The van der Waals surface area contributed by atoms with Gasteiger partial charge in [-0.15, -0.1) is 0 Å². The number of nitrogens with zero attached hydrogens (tertiary/aromatic N) is 2. The van der Waals surface area contributed by atoms with Gasteiger partial charge in [-0.25, -0.2) is 0 Å². The van der Waals surface area contributed by atoms with E-state index < -0.39 is 0 Å². The molecule has 0 atom stereocenters. The van der Waals surface area contributed by atoms with Crippen molar-refractivity contribution in [3.63, 3.8) is 0 Å². The van der Waals surface area contributed by atoms with Gasteiger partial charge in [-0.3, -0.25) is 4.68 Å². The van der Waals surface area contributed by atoms with Gasteiger partial charge in [-0.05, 0) is 19.4 Å². The second-order valence-corrected chi connectivity index (χ2v) is 4.60. The minimum Gasteiger partial charge on any atom is -0.265 e. The van der Waals surface area contributed by atoms with Gasteiger partial charge in [0.2, 0.25) is 0 Å². The van der Waals surface area contributed by atoms with E-state index in [1.54, 1.807) is 0 Å². The highest BCUT2D eigenvalue weighted by Crippen LogP contribution is 2.13. The zero-order valence-corrected chi connectivity index (χ0v) is 11.2. The number of halogens is 1. The number of aromatic nitrogens is 2. The Balaban J connectivity index is 2.24. The summed E-state index contributed by atoms with van der Waals surface area (Å²) in [7, 11) is 0. The van der Waals surface area contributed by atoms with E-state index >= 15 is 0 Å². The molecule has 1 heterocycles. The van der Waals surface area contributed by atoms with Crippen molar-refractivity contribution in [1.29, 1.82) is 0 Å². The molecule has 3 heteroatoms. The summed E-state index contributed by atoms with van der Waals surface area (Å²) >= 11 is 3.47. The van der Waals surface area contributed by atoms with Crippen LogP contribution in [0.25, 0.3) is 0 Å². The lowest BCUT2D eigenvalue weighted by molar-refractivity contribution is 0.664. The number of hydrogen-bond donors (Lipinski definition) is 0. The summed E-state index contributed by atoms with van der Waals surface area (Å²) in [4.78, 5) is 0. The molecule has 16 heavy (non-hydrogen) atoms. The lowest BCUT2D eigenvalue weighted by Crippen LogP contribution is -2.04. The molecule has 2 nitrogen and oxygen atoms in total. The molecule has 0 saturated heterocycles. The van der Waals surface area contributed by atoms with Gasteiger partial charge in [0.05, 0.1) is 12.7 Å². The quantitative estimate of drug-likeness (QED) is 0.787. The van der Waals surface area contributed by atoms with Crippen molar-refractivity contribution in [3.05, 3.63) is 52.8 Å². The van der Waals surface area contributed by atoms with Crippen molar-refractivity contribution in [2.24, 2.45) is 0 Å². The van der Waals surface area contributed by atoms with Gasteiger partial charge >= 0.3 is 0 Å². The van der Waals surface area contributed by atoms with E-state index in [1.165, 1.54) is 22.4 Å². The topological polar surface area (TPSA) is 17.8 Å². The van der Waals surface area contributed by atoms with Crippen LogP contribution >= 0.6 is 15.9 Å². The van der Waals surface area contributed by atoms with Gasteiger partial charge in [0, 0.05) is 16.6 Å². The van der Waals surface area contributed by atoms with Crippen LogP contribution < -0.4 is 0 Å². The van der Waals surface area contributed by atoms with E-state index in [0.29, 0.717) is 0 Å². The lowest BCUT2D eigenvalue weighted by Gasteiger charge is -2.06. The Hall–Kier alpha value is -1.09. The third kappa shape index (κ3) is 2.35. The van der Waals surface area contributed by atoms with Crippen molar-refractivity contribution < 1.29 is 0 Å². The summed E-state index contributed by atoms with van der Waals surface area (Å²) in [5.41, 5.74) is 5.08. The first-order valence-corrected chi connectivity index (χ1v) is 6.45. The molecule has 2 rings (SSSR count). The molecule has 0 radical (unpaired) electrons. The van der Waals surface area contributed by atoms with Crippen molar-refractivity contribution in [2.45, 2.75) is 25.7 Å². The third-order valence-electron chi connectivity index (χ3n) is 2.76. The molecule has 0 unspecified atom stereocenters. The van der Waals surface area contributed by atoms with Crippen molar-refractivity contribution in [1.82, 2.24) is 9.78 Å². The Kier molecular flexibility index (Phi) is 3.44. The summed E-state index contributed by atoms with van der Waals surface area (Å²) in [5.74, 6) is 0. The summed E-state index contributed by atoms with van der Waals surface area (Å²) in [6, 6.07) is 8.55. The molecule has 1 aromatic heterocycles. The summed E-state index contributed by atoms with van der Waals surface area (Å²) in [5, 5.41) is 5.27. The Morgan fingerprint density at radius 3 is 2.75 bits per heavy atom. The molecule has 0 amide bonds. The first-order valence-electron chi connectivity index (χ1n) is 5.33. The average molecular weight is 279 g/mol. The van der Waals surface area contributed by atoms with Crippen LogP contribution in [0.1, 0.15) is 22.4 Å². The largest absolute Gasteiger partial charge is 0.265 e. The van der Waals surface area contributed by atoms with Crippen LogP contribution in [0.3, 0.4) is 0 Å². The second-order valence-electron chi connectivity index (χ2n) is 4.04. The molecule has 0 bridgehead atoms. The van der Waals surface area contributed by atoms with Gasteiger partial charge in [0.15, 0.2) is 0 Å². The molecular weight excluding hydrogens is 264 g/mol. The Bertz CT molecular complexity index is 488. The van der Waals surface area contributed by atoms with Crippen molar-refractivity contribution >= 4 is 15.9 Å². The van der Waals surface area contributed by atoms with Gasteiger partial charge in [0.1, 0.15) is 0 Å². The van der Waals surface area contributed by atoms with E-state index in [4.69, 9.17) is 0 Å². The van der Waals surface area contributed by atoms with Crippen LogP contribution in [0.15, 0.2) is 30.5 Å². The standard InChI is InChI=1S/C13H15BrN2/c1-10-4-3-5-12(6-10)9-16-11(2)13(7-14)8-15-16/h3-6,8H,7,9H2,1-2H3. The summed E-state index contributed by atoms with van der Waals surface area (Å²) in [6.07, 6.45) is 1.93. The zero-order valence-electron chi connectivity index (χ0n) is 9.57. The van der Waals surface area contributed by atoms with Crippen LogP contribution in [0, 0.1) is 13.8 Å². The molecule has 0 aliphatic carbocycles. The van der Waals surface area contributed by atoms with E-state index in [-0.39, 0.29) is 0 Å². The fourth-order valence-corrected chi connectivity index (χ4v) is 2.31. The van der Waals surface area contributed by atoms with Crippen LogP contribution in [0.2, 0.25) is 0 Å². The van der Waals surface area contributed by atoms with E-state index in [2.05, 4.69) is 59.1 Å². The van der Waals surface area contributed by atoms with Crippen molar-refractivity contribution in [3.8, 4) is 0 Å². The molecule has 1 aromatic carbocycles. The SMILES string of the molecule is Cc1cccc(Cn2ncc(CBr)c2C)c1. The van der Waals surface area contributed by atoms with Crippen LogP contribution in [-0.4, -0.2) is 9.78 Å². The monoisotopic (exact) mass is 278 g/mol. The minimum absolute atomic E-state index is 0.848. The number of rotatable bonds is 3. The number of aryl methyl sites for hydroxylation is 1.